The molecule has 27 heavy (non-hydrogen) atoms. The van der Waals surface area contributed by atoms with Gasteiger partial charge in [-0.15, -0.1) is 10.2 Å². The Labute approximate surface area is 162 Å². The van der Waals surface area contributed by atoms with E-state index in [2.05, 4.69) is 20.2 Å². The van der Waals surface area contributed by atoms with Gasteiger partial charge in [0, 0.05) is 22.7 Å². The highest BCUT2D eigenvalue weighted by atomic mass is 35.5. The van der Waals surface area contributed by atoms with Crippen LogP contribution in [0.2, 0.25) is 5.02 Å². The van der Waals surface area contributed by atoms with E-state index in [0.29, 0.717) is 22.4 Å². The molecule has 10 heteroatoms. The number of nitro benzene ring substituents is 1. The summed E-state index contributed by atoms with van der Waals surface area (Å²) in [6, 6.07) is 11.4. The van der Waals surface area contributed by atoms with Gasteiger partial charge in [0.15, 0.2) is 5.16 Å². The second kappa shape index (κ2) is 7.01. The van der Waals surface area contributed by atoms with Gasteiger partial charge in [0.1, 0.15) is 0 Å². The number of thioether (sulfide) groups is 1. The number of benzene rings is 2. The van der Waals surface area contributed by atoms with Crippen molar-refractivity contribution in [3.05, 3.63) is 63.5 Å². The predicted octanol–water partition coefficient (Wildman–Crippen LogP) is 5.03. The summed E-state index contributed by atoms with van der Waals surface area (Å²) >= 11 is 7.44. The Hall–Kier alpha value is -2.91. The Morgan fingerprint density at radius 3 is 2.74 bits per heavy atom. The molecule has 0 fully saturated rings. The van der Waals surface area contributed by atoms with Crippen LogP contribution in [0.3, 0.4) is 0 Å². The molecule has 2 heterocycles. The van der Waals surface area contributed by atoms with Crippen LogP contribution in [-0.4, -0.2) is 25.1 Å². The van der Waals surface area contributed by atoms with Crippen molar-refractivity contribution >= 4 is 40.1 Å². The smallest absolute Gasteiger partial charge is 0.269 e. The lowest BCUT2D eigenvalue weighted by Gasteiger charge is -2.03. The Morgan fingerprint density at radius 2 is 2.00 bits per heavy atom. The number of aromatic nitrogens is 4. The van der Waals surface area contributed by atoms with Gasteiger partial charge in [-0.25, -0.2) is 4.98 Å². The van der Waals surface area contributed by atoms with Crippen LogP contribution < -0.4 is 0 Å². The molecule has 8 nitrogen and oxygen atoms in total. The summed E-state index contributed by atoms with van der Waals surface area (Å²) in [6.07, 6.45) is 0. The molecule has 0 aliphatic rings. The summed E-state index contributed by atoms with van der Waals surface area (Å²) in [5.74, 6) is 0.746. The van der Waals surface area contributed by atoms with Gasteiger partial charge in [-0.2, -0.15) is 0 Å². The van der Waals surface area contributed by atoms with Gasteiger partial charge in [0.25, 0.3) is 5.69 Å². The van der Waals surface area contributed by atoms with Crippen LogP contribution in [-0.2, 0) is 0 Å². The van der Waals surface area contributed by atoms with Crippen LogP contribution in [0.15, 0.2) is 52.0 Å². The van der Waals surface area contributed by atoms with Gasteiger partial charge in [0.05, 0.1) is 21.2 Å². The van der Waals surface area contributed by atoms with Gasteiger partial charge in [-0.1, -0.05) is 23.4 Å². The second-order valence-electron chi connectivity index (χ2n) is 5.71. The number of fused-ring (bicyclic) bond motifs is 1. The minimum atomic E-state index is -0.456. The fourth-order valence-corrected chi connectivity index (χ4v) is 3.50. The van der Waals surface area contributed by atoms with Crippen molar-refractivity contribution in [1.29, 1.82) is 0 Å². The molecule has 0 amide bonds. The first-order chi connectivity index (χ1) is 13.0. The van der Waals surface area contributed by atoms with Crippen LogP contribution >= 0.6 is 23.4 Å². The van der Waals surface area contributed by atoms with E-state index in [-0.39, 0.29) is 10.9 Å². The lowest BCUT2D eigenvalue weighted by atomic mass is 10.2. The molecule has 4 rings (SSSR count). The molecule has 0 bridgehead atoms. The molecule has 0 spiro atoms. The predicted molar refractivity (Wildman–Crippen MR) is 102 cm³/mol. The van der Waals surface area contributed by atoms with E-state index in [0.717, 1.165) is 16.2 Å². The summed E-state index contributed by atoms with van der Waals surface area (Å²) in [6.45, 7) is 1.93. The van der Waals surface area contributed by atoms with E-state index >= 15 is 0 Å². The third-order valence-corrected chi connectivity index (χ3v) is 5.03. The number of rotatable bonds is 5. The van der Waals surface area contributed by atoms with Crippen molar-refractivity contribution in [3.63, 3.8) is 0 Å². The van der Waals surface area contributed by atoms with Crippen LogP contribution in [0.1, 0.15) is 18.1 Å². The van der Waals surface area contributed by atoms with Gasteiger partial charge in [0.2, 0.25) is 11.8 Å². The number of non-ortho nitro benzene ring substituents is 1. The highest BCUT2D eigenvalue weighted by molar-refractivity contribution is 7.99. The van der Waals surface area contributed by atoms with Crippen LogP contribution in [0.5, 0.6) is 0 Å². The van der Waals surface area contributed by atoms with Gasteiger partial charge >= 0.3 is 0 Å². The third kappa shape index (κ3) is 3.64. The Morgan fingerprint density at radius 1 is 1.22 bits per heavy atom. The van der Waals surface area contributed by atoms with Gasteiger partial charge in [-0.3, -0.25) is 10.1 Å². The van der Waals surface area contributed by atoms with Crippen molar-refractivity contribution in [1.82, 2.24) is 20.2 Å². The molecule has 0 saturated carbocycles. The summed E-state index contributed by atoms with van der Waals surface area (Å²) in [5.41, 5.74) is 2.31. The number of nitrogens with one attached hydrogen (secondary N) is 1. The number of imidazole rings is 1. The summed E-state index contributed by atoms with van der Waals surface area (Å²) in [4.78, 5) is 18.0. The van der Waals surface area contributed by atoms with E-state index < -0.39 is 4.92 Å². The maximum absolute atomic E-state index is 10.7. The molecule has 0 aliphatic carbocycles. The molecule has 2 aromatic heterocycles. The molecular weight excluding hydrogens is 390 g/mol. The Kier molecular flexibility index (Phi) is 4.54. The fourth-order valence-electron chi connectivity index (χ4n) is 2.47. The van der Waals surface area contributed by atoms with Crippen LogP contribution in [0.25, 0.3) is 22.5 Å². The molecule has 1 unspecified atom stereocenters. The zero-order chi connectivity index (χ0) is 19.0. The fraction of sp³-hybridized carbons (Fsp3) is 0.118. The zero-order valence-electron chi connectivity index (χ0n) is 13.9. The highest BCUT2D eigenvalue weighted by Gasteiger charge is 2.18. The largest absolute Gasteiger partial charge is 0.419 e. The molecule has 136 valence electrons. The number of hydrogen-bond acceptors (Lipinski definition) is 7. The third-order valence-electron chi connectivity index (χ3n) is 3.82. The van der Waals surface area contributed by atoms with E-state index in [1.54, 1.807) is 18.2 Å². The first kappa shape index (κ1) is 17.5. The molecule has 1 atom stereocenters. The standard InChI is InChI=1S/C17H12ClN5O3S/c1-9(27-17-19-13-7-4-11(18)8-14(13)20-17)15-21-22-16(26-15)10-2-5-12(6-3-10)23(24)25/h2-9H,1H3,(H,19,20). The van der Waals surface area contributed by atoms with Crippen LogP contribution in [0, 0.1) is 10.1 Å². The lowest BCUT2D eigenvalue weighted by molar-refractivity contribution is -0.384. The van der Waals surface area contributed by atoms with Crippen molar-refractivity contribution in [3.8, 4) is 11.5 Å². The van der Waals surface area contributed by atoms with Crippen molar-refractivity contribution in [2.45, 2.75) is 17.3 Å². The van der Waals surface area contributed by atoms with Crippen molar-refractivity contribution in [2.75, 3.05) is 0 Å². The normalized spacial score (nSPS) is 12.4. The molecule has 0 aliphatic heterocycles. The molecule has 1 N–H and O–H groups in total. The number of halogens is 1. The van der Waals surface area contributed by atoms with Crippen molar-refractivity contribution in [2.24, 2.45) is 0 Å². The minimum absolute atomic E-state index is 0.00685. The lowest BCUT2D eigenvalue weighted by Crippen LogP contribution is -1.89. The number of nitro groups is 1. The van der Waals surface area contributed by atoms with E-state index in [1.165, 1.54) is 23.9 Å². The van der Waals surface area contributed by atoms with Gasteiger partial charge in [-0.05, 0) is 37.3 Å². The summed E-state index contributed by atoms with van der Waals surface area (Å²) in [7, 11) is 0. The molecule has 2 aromatic carbocycles. The summed E-state index contributed by atoms with van der Waals surface area (Å²) in [5, 5.41) is 20.1. The highest BCUT2D eigenvalue weighted by Crippen LogP contribution is 2.35. The van der Waals surface area contributed by atoms with Crippen molar-refractivity contribution < 1.29 is 9.34 Å². The van der Waals surface area contributed by atoms with E-state index in [9.17, 15) is 10.1 Å². The van der Waals surface area contributed by atoms with Crippen LogP contribution in [0.4, 0.5) is 5.69 Å². The molecular formula is C17H12ClN5O3S. The Balaban J connectivity index is 1.52. The topological polar surface area (TPSA) is 111 Å². The maximum atomic E-state index is 10.7. The monoisotopic (exact) mass is 401 g/mol. The average molecular weight is 402 g/mol. The average Bonchev–Trinajstić information content (AvgIpc) is 3.28. The first-order valence-corrected chi connectivity index (χ1v) is 9.15. The summed E-state index contributed by atoms with van der Waals surface area (Å²) < 4.78 is 5.72. The quantitative estimate of drug-likeness (QED) is 0.283. The number of H-pyrrole nitrogens is 1. The molecule has 0 radical (unpaired) electrons. The number of aromatic amines is 1. The van der Waals surface area contributed by atoms with E-state index in [4.69, 9.17) is 16.0 Å². The molecule has 0 saturated heterocycles. The van der Waals surface area contributed by atoms with Gasteiger partial charge < -0.3 is 9.40 Å². The Bertz CT molecular complexity index is 1130. The SMILES string of the molecule is CC(Sc1nc2ccc(Cl)cc2[nH]1)c1nnc(-c2ccc([N+](=O)[O-])cc2)o1. The maximum Gasteiger partial charge on any atom is 0.269 e. The van der Waals surface area contributed by atoms with E-state index in [1.807, 2.05) is 19.1 Å². The zero-order valence-corrected chi connectivity index (χ0v) is 15.5. The second-order valence-corrected chi connectivity index (χ2v) is 7.48. The minimum Gasteiger partial charge on any atom is -0.419 e. The number of nitrogens with zero attached hydrogens (tertiary/aromatic N) is 4. The molecule has 4 aromatic rings. The first-order valence-electron chi connectivity index (χ1n) is 7.90. The number of hydrogen-bond donors (Lipinski definition) is 1.